The highest BCUT2D eigenvalue weighted by Gasteiger charge is 2.36. The molecule has 0 atom stereocenters. The van der Waals surface area contributed by atoms with E-state index >= 15 is 0 Å². The van der Waals surface area contributed by atoms with Crippen molar-refractivity contribution in [3.63, 3.8) is 0 Å². The van der Waals surface area contributed by atoms with E-state index in [1.165, 1.54) is 64.3 Å². The molecule has 1 aliphatic carbocycles. The van der Waals surface area contributed by atoms with Gasteiger partial charge >= 0.3 is 0 Å². The molecule has 1 aliphatic rings. The van der Waals surface area contributed by atoms with E-state index in [1.807, 2.05) is 11.3 Å². The Kier molecular flexibility index (Phi) is 5.78. The zero-order valence-corrected chi connectivity index (χ0v) is 26.1. The molecule has 0 saturated heterocycles. The van der Waals surface area contributed by atoms with Gasteiger partial charge in [-0.25, -0.2) is 0 Å². The Hall–Kier alpha value is -5.18. The minimum absolute atomic E-state index is 0.00453. The summed E-state index contributed by atoms with van der Waals surface area (Å²) in [6.07, 6.45) is 0. The molecule has 2 heteroatoms. The second kappa shape index (κ2) is 9.92. The number of anilines is 3. The van der Waals surface area contributed by atoms with Crippen molar-refractivity contribution in [3.8, 4) is 22.3 Å². The molecule has 0 unspecified atom stereocenters. The molecule has 9 rings (SSSR count). The first kappa shape index (κ1) is 26.2. The lowest BCUT2D eigenvalue weighted by Crippen LogP contribution is -2.14. The molecule has 8 aromatic rings. The van der Waals surface area contributed by atoms with Crippen molar-refractivity contribution in [2.24, 2.45) is 0 Å². The van der Waals surface area contributed by atoms with E-state index < -0.39 is 0 Å². The third-order valence-corrected chi connectivity index (χ3v) is 10.8. The van der Waals surface area contributed by atoms with Gasteiger partial charge in [0, 0.05) is 48.2 Å². The monoisotopic (exact) mass is 593 g/mol. The molecule has 7 aromatic carbocycles. The molecule has 45 heavy (non-hydrogen) atoms. The number of fused-ring (bicyclic) bond motifs is 8. The van der Waals surface area contributed by atoms with Gasteiger partial charge < -0.3 is 4.90 Å². The third kappa shape index (κ3) is 4.06. The molecule has 0 radical (unpaired) electrons. The number of hydrogen-bond acceptors (Lipinski definition) is 2. The maximum atomic E-state index is 2.38. The van der Waals surface area contributed by atoms with Crippen LogP contribution in [0.2, 0.25) is 0 Å². The van der Waals surface area contributed by atoms with E-state index in [2.05, 4.69) is 170 Å². The Balaban J connectivity index is 1.17. The van der Waals surface area contributed by atoms with Crippen LogP contribution in [0.15, 0.2) is 152 Å². The lowest BCUT2D eigenvalue weighted by Gasteiger charge is -2.25. The van der Waals surface area contributed by atoms with Gasteiger partial charge in [-0.2, -0.15) is 0 Å². The van der Waals surface area contributed by atoms with Gasteiger partial charge in [0.05, 0.1) is 0 Å². The van der Waals surface area contributed by atoms with E-state index in [4.69, 9.17) is 0 Å². The molecular weight excluding hydrogens is 563 g/mol. The van der Waals surface area contributed by atoms with Crippen LogP contribution in [-0.4, -0.2) is 0 Å². The Morgan fingerprint density at radius 2 is 1.16 bits per heavy atom. The molecule has 1 heterocycles. The van der Waals surface area contributed by atoms with Gasteiger partial charge in [0.25, 0.3) is 0 Å². The summed E-state index contributed by atoms with van der Waals surface area (Å²) in [7, 11) is 0. The van der Waals surface area contributed by atoms with Gasteiger partial charge in [-0.1, -0.05) is 123 Å². The van der Waals surface area contributed by atoms with E-state index in [1.54, 1.807) is 0 Å². The first-order valence-corrected chi connectivity index (χ1v) is 16.4. The topological polar surface area (TPSA) is 3.24 Å². The van der Waals surface area contributed by atoms with Crippen LogP contribution in [0, 0.1) is 0 Å². The third-order valence-electron chi connectivity index (χ3n) is 9.65. The summed E-state index contributed by atoms with van der Waals surface area (Å²) in [5, 5.41) is 5.20. The number of thiophene rings is 1. The SMILES string of the molecule is CC1(C)c2ccccc2-c2c1ccc1c2sc2cc(N(c3ccccc3)c3ccc(-c4ccc5ccccc5c4)cc3)ccc21. The predicted molar refractivity (Wildman–Crippen MR) is 195 cm³/mol. The van der Waals surface area contributed by atoms with Crippen LogP contribution in [0.25, 0.3) is 53.2 Å². The number of benzene rings is 7. The lowest BCUT2D eigenvalue weighted by molar-refractivity contribution is 0.661. The van der Waals surface area contributed by atoms with Gasteiger partial charge in [0.2, 0.25) is 0 Å². The fraction of sp³-hybridized carbons (Fsp3) is 0.0698. The molecule has 0 fully saturated rings. The molecule has 1 nitrogen and oxygen atoms in total. The first-order valence-electron chi connectivity index (χ1n) is 15.6. The smallest absolute Gasteiger partial charge is 0.0476 e. The standard InChI is InChI=1S/C43H31NS/c1-43(2)38-15-9-8-14-37(38)41-39(43)25-24-36-35-23-22-34(27-40(35)45-42(36)41)44(32-12-4-3-5-13-32)33-20-18-29(19-21-33)31-17-16-28-10-6-7-11-30(28)26-31/h3-27H,1-2H3. The lowest BCUT2D eigenvalue weighted by atomic mass is 9.82. The minimum atomic E-state index is 0.00453. The maximum absolute atomic E-state index is 2.38. The molecule has 0 saturated carbocycles. The largest absolute Gasteiger partial charge is 0.310 e. The summed E-state index contributed by atoms with van der Waals surface area (Å²) < 4.78 is 2.70. The Labute approximate surface area is 267 Å². The van der Waals surface area contributed by atoms with Gasteiger partial charge in [-0.3, -0.25) is 0 Å². The molecule has 0 spiro atoms. The Morgan fingerprint density at radius 1 is 0.489 bits per heavy atom. The average Bonchev–Trinajstić information content (AvgIpc) is 3.57. The van der Waals surface area contributed by atoms with Crippen LogP contribution in [-0.2, 0) is 5.41 Å². The van der Waals surface area contributed by atoms with Crippen molar-refractivity contribution in [1.82, 2.24) is 0 Å². The Bertz CT molecular complexity index is 2400. The summed E-state index contributed by atoms with van der Waals surface area (Å²) in [4.78, 5) is 2.37. The van der Waals surface area contributed by atoms with Gasteiger partial charge in [0.15, 0.2) is 0 Å². The van der Waals surface area contributed by atoms with Crippen LogP contribution in [0.1, 0.15) is 25.0 Å². The highest BCUT2D eigenvalue weighted by Crippen LogP contribution is 2.54. The van der Waals surface area contributed by atoms with E-state index in [9.17, 15) is 0 Å². The second-order valence-electron chi connectivity index (χ2n) is 12.6. The van der Waals surface area contributed by atoms with Crippen molar-refractivity contribution in [2.45, 2.75) is 19.3 Å². The van der Waals surface area contributed by atoms with Crippen molar-refractivity contribution >= 4 is 59.3 Å². The van der Waals surface area contributed by atoms with E-state index in [0.717, 1.165) is 17.1 Å². The molecular formula is C43H31NS. The molecule has 214 valence electrons. The summed E-state index contributed by atoms with van der Waals surface area (Å²) >= 11 is 1.93. The van der Waals surface area contributed by atoms with Crippen molar-refractivity contribution in [3.05, 3.63) is 163 Å². The quantitative estimate of drug-likeness (QED) is 0.196. The van der Waals surface area contributed by atoms with Gasteiger partial charge in [0.1, 0.15) is 0 Å². The van der Waals surface area contributed by atoms with Crippen LogP contribution in [0.4, 0.5) is 17.1 Å². The second-order valence-corrected chi connectivity index (χ2v) is 13.6. The summed E-state index contributed by atoms with van der Waals surface area (Å²) in [5.74, 6) is 0. The zero-order chi connectivity index (χ0) is 30.1. The summed E-state index contributed by atoms with van der Waals surface area (Å²) in [6, 6.07) is 55.6. The highest BCUT2D eigenvalue weighted by molar-refractivity contribution is 7.26. The predicted octanol–water partition coefficient (Wildman–Crippen LogP) is 12.7. The van der Waals surface area contributed by atoms with Crippen LogP contribution in [0.5, 0.6) is 0 Å². The fourth-order valence-corrected chi connectivity index (χ4v) is 8.64. The summed E-state index contributed by atoms with van der Waals surface area (Å²) in [5.41, 5.74) is 11.6. The molecule has 0 aliphatic heterocycles. The van der Waals surface area contributed by atoms with Crippen molar-refractivity contribution in [2.75, 3.05) is 4.90 Å². The number of rotatable bonds is 4. The Morgan fingerprint density at radius 3 is 2.00 bits per heavy atom. The van der Waals surface area contributed by atoms with Crippen LogP contribution >= 0.6 is 11.3 Å². The van der Waals surface area contributed by atoms with Crippen molar-refractivity contribution in [1.29, 1.82) is 0 Å². The number of para-hydroxylation sites is 1. The van der Waals surface area contributed by atoms with E-state index in [-0.39, 0.29) is 5.41 Å². The molecule has 0 N–H and O–H groups in total. The highest BCUT2D eigenvalue weighted by atomic mass is 32.1. The zero-order valence-electron chi connectivity index (χ0n) is 25.3. The van der Waals surface area contributed by atoms with Crippen LogP contribution < -0.4 is 4.90 Å². The van der Waals surface area contributed by atoms with Gasteiger partial charge in [-0.05, 0) is 81.1 Å². The minimum Gasteiger partial charge on any atom is -0.310 e. The number of hydrogen-bond donors (Lipinski definition) is 0. The molecule has 0 amide bonds. The van der Waals surface area contributed by atoms with Crippen LogP contribution in [0.3, 0.4) is 0 Å². The average molecular weight is 594 g/mol. The van der Waals surface area contributed by atoms with Crippen molar-refractivity contribution < 1.29 is 0 Å². The summed E-state index contributed by atoms with van der Waals surface area (Å²) in [6.45, 7) is 4.72. The molecule has 0 bridgehead atoms. The number of nitrogens with zero attached hydrogens (tertiary/aromatic N) is 1. The fourth-order valence-electron chi connectivity index (χ4n) is 7.34. The molecule has 1 aromatic heterocycles. The maximum Gasteiger partial charge on any atom is 0.0476 e. The normalized spacial score (nSPS) is 13.3. The van der Waals surface area contributed by atoms with E-state index in [0.29, 0.717) is 0 Å². The first-order chi connectivity index (χ1) is 22.1. The van der Waals surface area contributed by atoms with Gasteiger partial charge in [-0.15, -0.1) is 11.3 Å².